The first-order valence-electron chi connectivity index (χ1n) is 6.12. The number of rotatable bonds is 8. The van der Waals surface area contributed by atoms with E-state index in [1.807, 2.05) is 0 Å². The average molecular weight is 236 g/mol. The molecule has 0 saturated carbocycles. The van der Waals surface area contributed by atoms with Gasteiger partial charge in [0.2, 0.25) is 0 Å². The van der Waals surface area contributed by atoms with Crippen molar-refractivity contribution >= 4 is 5.97 Å². The van der Waals surface area contributed by atoms with Crippen LogP contribution in [0.4, 0.5) is 0 Å². The number of carbonyl (C=O) groups is 1. The Kier molecular flexibility index (Phi) is 6.98. The standard InChI is InChI=1S/C13H20N2O2/c1-2-3-7-14-9-5-10-17-13(16)12-6-4-8-15-11-12/h4,6,8,11,14H,2-3,5,7,9-10H2,1H3. The molecule has 1 N–H and O–H groups in total. The molecule has 0 saturated heterocycles. The molecule has 0 aliphatic heterocycles. The second kappa shape index (κ2) is 8.70. The number of nitrogens with one attached hydrogen (secondary N) is 1. The highest BCUT2D eigenvalue weighted by atomic mass is 16.5. The van der Waals surface area contributed by atoms with Gasteiger partial charge in [0.15, 0.2) is 0 Å². The van der Waals surface area contributed by atoms with Crippen LogP contribution < -0.4 is 5.32 Å². The smallest absolute Gasteiger partial charge is 0.339 e. The molecule has 0 spiro atoms. The molecule has 4 heteroatoms. The third-order valence-corrected chi connectivity index (χ3v) is 2.34. The maximum Gasteiger partial charge on any atom is 0.339 e. The highest BCUT2D eigenvalue weighted by molar-refractivity contribution is 5.88. The van der Waals surface area contributed by atoms with Gasteiger partial charge >= 0.3 is 5.97 Å². The summed E-state index contributed by atoms with van der Waals surface area (Å²) in [6.45, 7) is 4.54. The molecule has 1 aromatic rings. The van der Waals surface area contributed by atoms with E-state index in [4.69, 9.17) is 4.74 Å². The van der Waals surface area contributed by atoms with Crippen LogP contribution in [0.3, 0.4) is 0 Å². The Morgan fingerprint density at radius 3 is 2.94 bits per heavy atom. The lowest BCUT2D eigenvalue weighted by molar-refractivity contribution is 0.0500. The summed E-state index contributed by atoms with van der Waals surface area (Å²) in [6.07, 6.45) is 6.38. The normalized spacial score (nSPS) is 10.2. The fourth-order valence-electron chi connectivity index (χ4n) is 1.36. The minimum atomic E-state index is -0.299. The van der Waals surface area contributed by atoms with E-state index in [2.05, 4.69) is 17.2 Å². The monoisotopic (exact) mass is 236 g/mol. The molecule has 0 amide bonds. The molecule has 17 heavy (non-hydrogen) atoms. The van der Waals surface area contributed by atoms with E-state index < -0.39 is 0 Å². The lowest BCUT2D eigenvalue weighted by Crippen LogP contribution is -2.18. The zero-order valence-corrected chi connectivity index (χ0v) is 10.3. The Balaban J connectivity index is 2.05. The zero-order chi connectivity index (χ0) is 12.3. The Bertz CT molecular complexity index is 314. The van der Waals surface area contributed by atoms with Gasteiger partial charge in [-0.2, -0.15) is 0 Å². The molecule has 0 bridgehead atoms. The van der Waals surface area contributed by atoms with Crippen molar-refractivity contribution in [3.63, 3.8) is 0 Å². The van der Waals surface area contributed by atoms with Crippen molar-refractivity contribution in [2.75, 3.05) is 19.7 Å². The van der Waals surface area contributed by atoms with Crippen molar-refractivity contribution in [2.24, 2.45) is 0 Å². The quantitative estimate of drug-likeness (QED) is 0.554. The van der Waals surface area contributed by atoms with Crippen molar-refractivity contribution in [3.8, 4) is 0 Å². The van der Waals surface area contributed by atoms with Crippen LogP contribution in [0, 0.1) is 0 Å². The van der Waals surface area contributed by atoms with Gasteiger partial charge in [0, 0.05) is 12.4 Å². The highest BCUT2D eigenvalue weighted by Crippen LogP contribution is 1.99. The second-order valence-corrected chi connectivity index (χ2v) is 3.83. The van der Waals surface area contributed by atoms with Crippen LogP contribution in [-0.2, 0) is 4.74 Å². The van der Waals surface area contributed by atoms with Gasteiger partial charge in [-0.1, -0.05) is 13.3 Å². The first-order valence-corrected chi connectivity index (χ1v) is 6.12. The van der Waals surface area contributed by atoms with Gasteiger partial charge in [0.1, 0.15) is 0 Å². The molecule has 0 aliphatic carbocycles. The predicted octanol–water partition coefficient (Wildman–Crippen LogP) is 2.02. The summed E-state index contributed by atoms with van der Waals surface area (Å²) in [5.41, 5.74) is 0.506. The first kappa shape index (κ1) is 13.6. The van der Waals surface area contributed by atoms with E-state index in [-0.39, 0.29) is 5.97 Å². The number of pyridine rings is 1. The predicted molar refractivity (Wildman–Crippen MR) is 66.9 cm³/mol. The molecule has 94 valence electrons. The number of hydrogen-bond donors (Lipinski definition) is 1. The highest BCUT2D eigenvalue weighted by Gasteiger charge is 2.05. The van der Waals surface area contributed by atoms with Crippen LogP contribution in [0.25, 0.3) is 0 Å². The van der Waals surface area contributed by atoms with Gasteiger partial charge in [0.05, 0.1) is 12.2 Å². The summed E-state index contributed by atoms with van der Waals surface area (Å²) in [6, 6.07) is 3.43. The fraction of sp³-hybridized carbons (Fsp3) is 0.538. The lowest BCUT2D eigenvalue weighted by Gasteiger charge is -2.05. The van der Waals surface area contributed by atoms with E-state index in [1.54, 1.807) is 18.3 Å². The van der Waals surface area contributed by atoms with Gasteiger partial charge in [-0.05, 0) is 38.1 Å². The second-order valence-electron chi connectivity index (χ2n) is 3.83. The van der Waals surface area contributed by atoms with Gasteiger partial charge in [-0.25, -0.2) is 4.79 Å². The van der Waals surface area contributed by atoms with E-state index in [0.717, 1.165) is 19.5 Å². The molecule has 1 rings (SSSR count). The minimum absolute atomic E-state index is 0.299. The topological polar surface area (TPSA) is 51.2 Å². The maximum absolute atomic E-state index is 11.5. The third kappa shape index (κ3) is 6.02. The minimum Gasteiger partial charge on any atom is -0.462 e. The number of esters is 1. The summed E-state index contributed by atoms with van der Waals surface area (Å²) < 4.78 is 5.12. The Morgan fingerprint density at radius 2 is 2.24 bits per heavy atom. The summed E-state index contributed by atoms with van der Waals surface area (Å²) in [5.74, 6) is -0.299. The maximum atomic E-state index is 11.5. The van der Waals surface area contributed by atoms with Crippen LogP contribution in [0.2, 0.25) is 0 Å². The van der Waals surface area contributed by atoms with Gasteiger partial charge in [-0.15, -0.1) is 0 Å². The molecule has 1 heterocycles. The Morgan fingerprint density at radius 1 is 1.41 bits per heavy atom. The van der Waals surface area contributed by atoms with Crippen LogP contribution in [0.1, 0.15) is 36.5 Å². The van der Waals surface area contributed by atoms with E-state index in [0.29, 0.717) is 12.2 Å². The first-order chi connectivity index (χ1) is 8.34. The van der Waals surface area contributed by atoms with Crippen molar-refractivity contribution in [1.29, 1.82) is 0 Å². The zero-order valence-electron chi connectivity index (χ0n) is 10.3. The van der Waals surface area contributed by atoms with Crippen LogP contribution in [-0.4, -0.2) is 30.6 Å². The number of aromatic nitrogens is 1. The van der Waals surface area contributed by atoms with Crippen molar-refractivity contribution in [3.05, 3.63) is 30.1 Å². The van der Waals surface area contributed by atoms with Crippen LogP contribution in [0.5, 0.6) is 0 Å². The number of hydrogen-bond acceptors (Lipinski definition) is 4. The molecular formula is C13H20N2O2. The molecule has 0 unspecified atom stereocenters. The lowest BCUT2D eigenvalue weighted by atomic mass is 10.3. The molecule has 1 aromatic heterocycles. The molecule has 0 aromatic carbocycles. The van der Waals surface area contributed by atoms with Crippen molar-refractivity contribution in [1.82, 2.24) is 10.3 Å². The van der Waals surface area contributed by atoms with Gasteiger partial charge < -0.3 is 10.1 Å². The number of ether oxygens (including phenoxy) is 1. The molecule has 0 atom stereocenters. The molecular weight excluding hydrogens is 216 g/mol. The number of carbonyl (C=O) groups excluding carboxylic acids is 1. The van der Waals surface area contributed by atoms with Crippen LogP contribution in [0.15, 0.2) is 24.5 Å². The summed E-state index contributed by atoms with van der Waals surface area (Å²) in [4.78, 5) is 15.4. The summed E-state index contributed by atoms with van der Waals surface area (Å²) in [7, 11) is 0. The van der Waals surface area contributed by atoms with E-state index in [9.17, 15) is 4.79 Å². The molecule has 0 aliphatic rings. The van der Waals surface area contributed by atoms with E-state index >= 15 is 0 Å². The molecule has 0 radical (unpaired) electrons. The molecule has 4 nitrogen and oxygen atoms in total. The largest absolute Gasteiger partial charge is 0.462 e. The van der Waals surface area contributed by atoms with Crippen molar-refractivity contribution in [2.45, 2.75) is 26.2 Å². The summed E-state index contributed by atoms with van der Waals surface area (Å²) in [5, 5.41) is 3.30. The molecule has 0 fully saturated rings. The summed E-state index contributed by atoms with van der Waals surface area (Å²) >= 11 is 0. The third-order valence-electron chi connectivity index (χ3n) is 2.34. The number of unbranched alkanes of at least 4 members (excludes halogenated alkanes) is 1. The average Bonchev–Trinajstić information content (AvgIpc) is 2.38. The van der Waals surface area contributed by atoms with Gasteiger partial charge in [-0.3, -0.25) is 4.98 Å². The van der Waals surface area contributed by atoms with E-state index in [1.165, 1.54) is 19.0 Å². The van der Waals surface area contributed by atoms with Crippen molar-refractivity contribution < 1.29 is 9.53 Å². The van der Waals surface area contributed by atoms with Gasteiger partial charge in [0.25, 0.3) is 0 Å². The Hall–Kier alpha value is -1.42. The number of nitrogens with zero attached hydrogens (tertiary/aromatic N) is 1. The fourth-order valence-corrected chi connectivity index (χ4v) is 1.36. The Labute approximate surface area is 102 Å². The SMILES string of the molecule is CCCCNCCCOC(=O)c1cccnc1. The van der Waals surface area contributed by atoms with Crippen LogP contribution >= 0.6 is 0 Å².